The number of hydrogen-bond donors (Lipinski definition) is 3. The van der Waals surface area contributed by atoms with Crippen LogP contribution < -0.4 is 0 Å². The van der Waals surface area contributed by atoms with E-state index < -0.39 is 22.2 Å². The molecular formula is C10H13NO5S. The Balaban J connectivity index is 2.32. The summed E-state index contributed by atoms with van der Waals surface area (Å²) in [5.41, 5.74) is 0. The number of β-amino-alcohol motifs (C(OH)–C–C–N with tert-alkyl or cyclic N) is 2. The van der Waals surface area contributed by atoms with Crippen molar-refractivity contribution < 1.29 is 23.7 Å². The minimum atomic E-state index is -3.77. The second-order valence-corrected chi connectivity index (χ2v) is 5.89. The minimum absolute atomic E-state index is 0.0567. The number of aromatic hydroxyl groups is 1. The third kappa shape index (κ3) is 2.27. The molecule has 2 unspecified atom stereocenters. The van der Waals surface area contributed by atoms with Gasteiger partial charge in [-0.2, -0.15) is 4.31 Å². The van der Waals surface area contributed by atoms with E-state index in [1.165, 1.54) is 18.2 Å². The third-order valence-corrected chi connectivity index (χ3v) is 4.51. The fourth-order valence-corrected chi connectivity index (χ4v) is 3.24. The Morgan fingerprint density at radius 2 is 1.76 bits per heavy atom. The fraction of sp³-hybridized carbons (Fsp3) is 0.400. The topological polar surface area (TPSA) is 98.1 Å². The van der Waals surface area contributed by atoms with Crippen LogP contribution >= 0.6 is 0 Å². The second-order valence-electron chi connectivity index (χ2n) is 3.95. The van der Waals surface area contributed by atoms with E-state index in [0.717, 1.165) is 10.4 Å². The Labute approximate surface area is 98.8 Å². The fourth-order valence-electron chi connectivity index (χ4n) is 1.72. The van der Waals surface area contributed by atoms with Crippen molar-refractivity contribution in [2.75, 3.05) is 13.1 Å². The van der Waals surface area contributed by atoms with Crippen molar-refractivity contribution in [1.82, 2.24) is 4.31 Å². The van der Waals surface area contributed by atoms with E-state index in [1.54, 1.807) is 0 Å². The molecule has 6 nitrogen and oxygen atoms in total. The molecule has 0 spiro atoms. The lowest BCUT2D eigenvalue weighted by Crippen LogP contribution is -2.29. The molecule has 0 radical (unpaired) electrons. The summed E-state index contributed by atoms with van der Waals surface area (Å²) in [5, 5.41) is 27.9. The third-order valence-electron chi connectivity index (χ3n) is 2.68. The van der Waals surface area contributed by atoms with Crippen molar-refractivity contribution >= 4 is 10.0 Å². The van der Waals surface area contributed by atoms with Gasteiger partial charge in [-0.05, 0) is 18.2 Å². The summed E-state index contributed by atoms with van der Waals surface area (Å²) in [6.07, 6.45) is -2.14. The number of phenolic OH excluding ortho intramolecular Hbond substituents is 1. The minimum Gasteiger partial charge on any atom is -0.508 e. The molecular weight excluding hydrogens is 246 g/mol. The SMILES string of the molecule is O=S(=O)(c1cccc(O)c1)N1CC(O)C(O)C1. The van der Waals surface area contributed by atoms with Gasteiger partial charge in [-0.3, -0.25) is 0 Å². The van der Waals surface area contributed by atoms with Gasteiger partial charge in [0.1, 0.15) is 5.75 Å². The van der Waals surface area contributed by atoms with Crippen LogP contribution in [-0.4, -0.2) is 53.3 Å². The molecule has 3 N–H and O–H groups in total. The van der Waals surface area contributed by atoms with E-state index in [9.17, 15) is 23.7 Å². The van der Waals surface area contributed by atoms with Crippen LogP contribution in [0.3, 0.4) is 0 Å². The predicted molar refractivity (Wildman–Crippen MR) is 58.9 cm³/mol. The van der Waals surface area contributed by atoms with E-state index in [1.807, 2.05) is 0 Å². The summed E-state index contributed by atoms with van der Waals surface area (Å²) < 4.78 is 25.1. The molecule has 17 heavy (non-hydrogen) atoms. The Bertz CT molecular complexity index is 505. The van der Waals surface area contributed by atoms with Gasteiger partial charge in [0.15, 0.2) is 0 Å². The maximum Gasteiger partial charge on any atom is 0.243 e. The van der Waals surface area contributed by atoms with E-state index >= 15 is 0 Å². The zero-order chi connectivity index (χ0) is 12.6. The lowest BCUT2D eigenvalue weighted by atomic mass is 10.3. The molecule has 0 amide bonds. The van der Waals surface area contributed by atoms with Crippen molar-refractivity contribution in [3.63, 3.8) is 0 Å². The first-order valence-electron chi connectivity index (χ1n) is 5.06. The lowest BCUT2D eigenvalue weighted by Gasteiger charge is -2.15. The maximum absolute atomic E-state index is 12.1. The molecule has 7 heteroatoms. The molecule has 0 saturated carbocycles. The predicted octanol–water partition coefficient (Wildman–Crippen LogP) is -0.882. The quantitative estimate of drug-likeness (QED) is 0.640. The average molecular weight is 259 g/mol. The van der Waals surface area contributed by atoms with Gasteiger partial charge in [0, 0.05) is 13.1 Å². The van der Waals surface area contributed by atoms with Crippen molar-refractivity contribution in [3.05, 3.63) is 24.3 Å². The summed E-state index contributed by atoms with van der Waals surface area (Å²) >= 11 is 0. The van der Waals surface area contributed by atoms with Gasteiger partial charge >= 0.3 is 0 Å². The van der Waals surface area contributed by atoms with E-state index in [2.05, 4.69) is 0 Å². The summed E-state index contributed by atoms with van der Waals surface area (Å²) in [6.45, 7) is -0.279. The van der Waals surface area contributed by atoms with Gasteiger partial charge in [-0.1, -0.05) is 6.07 Å². The molecule has 2 atom stereocenters. The number of benzene rings is 1. The zero-order valence-electron chi connectivity index (χ0n) is 8.89. The Kier molecular flexibility index (Phi) is 3.09. The number of nitrogens with zero attached hydrogens (tertiary/aromatic N) is 1. The van der Waals surface area contributed by atoms with E-state index in [4.69, 9.17) is 0 Å². The van der Waals surface area contributed by atoms with Gasteiger partial charge in [0.2, 0.25) is 10.0 Å². The molecule has 94 valence electrons. The lowest BCUT2D eigenvalue weighted by molar-refractivity contribution is 0.0572. The van der Waals surface area contributed by atoms with Gasteiger partial charge < -0.3 is 15.3 Å². The van der Waals surface area contributed by atoms with Crippen LogP contribution in [0, 0.1) is 0 Å². The Morgan fingerprint density at radius 3 is 2.29 bits per heavy atom. The largest absolute Gasteiger partial charge is 0.508 e. The molecule has 1 saturated heterocycles. The molecule has 1 aliphatic rings. The summed E-state index contributed by atoms with van der Waals surface area (Å²) in [6, 6.07) is 5.27. The Morgan fingerprint density at radius 1 is 1.18 bits per heavy atom. The highest BCUT2D eigenvalue weighted by Gasteiger charge is 2.37. The highest BCUT2D eigenvalue weighted by Crippen LogP contribution is 2.23. The van der Waals surface area contributed by atoms with Crippen LogP contribution in [0.2, 0.25) is 0 Å². The summed E-state index contributed by atoms with van der Waals surface area (Å²) in [5.74, 6) is -0.147. The molecule has 0 bridgehead atoms. The molecule has 0 aromatic heterocycles. The summed E-state index contributed by atoms with van der Waals surface area (Å²) in [7, 11) is -3.77. The van der Waals surface area contributed by atoms with Crippen molar-refractivity contribution in [3.8, 4) is 5.75 Å². The maximum atomic E-state index is 12.1. The Hall–Kier alpha value is -1.15. The van der Waals surface area contributed by atoms with Gasteiger partial charge in [-0.15, -0.1) is 0 Å². The van der Waals surface area contributed by atoms with Crippen LogP contribution in [0.25, 0.3) is 0 Å². The standard InChI is InChI=1S/C10H13NO5S/c12-7-2-1-3-8(4-7)17(15,16)11-5-9(13)10(14)6-11/h1-4,9-10,12-14H,5-6H2. The molecule has 1 aliphatic heterocycles. The van der Waals surface area contributed by atoms with E-state index in [0.29, 0.717) is 0 Å². The monoisotopic (exact) mass is 259 g/mol. The van der Waals surface area contributed by atoms with Crippen molar-refractivity contribution in [1.29, 1.82) is 0 Å². The van der Waals surface area contributed by atoms with Crippen LogP contribution in [0.5, 0.6) is 5.75 Å². The highest BCUT2D eigenvalue weighted by molar-refractivity contribution is 7.89. The normalized spacial score (nSPS) is 26.2. The number of hydrogen-bond acceptors (Lipinski definition) is 5. The van der Waals surface area contributed by atoms with Gasteiger partial charge in [0.25, 0.3) is 0 Å². The van der Waals surface area contributed by atoms with Crippen LogP contribution in [0.15, 0.2) is 29.2 Å². The van der Waals surface area contributed by atoms with Crippen LogP contribution in [0.4, 0.5) is 0 Å². The summed E-state index contributed by atoms with van der Waals surface area (Å²) in [4.78, 5) is -0.0567. The van der Waals surface area contributed by atoms with E-state index in [-0.39, 0.29) is 23.7 Å². The van der Waals surface area contributed by atoms with Crippen molar-refractivity contribution in [2.45, 2.75) is 17.1 Å². The average Bonchev–Trinajstić information content (AvgIpc) is 2.60. The van der Waals surface area contributed by atoms with Crippen molar-refractivity contribution in [2.24, 2.45) is 0 Å². The van der Waals surface area contributed by atoms with Gasteiger partial charge in [-0.25, -0.2) is 8.42 Å². The molecule has 1 aromatic rings. The first kappa shape index (κ1) is 12.3. The first-order valence-corrected chi connectivity index (χ1v) is 6.50. The number of phenols is 1. The number of aliphatic hydroxyl groups is 2. The number of sulfonamides is 1. The first-order chi connectivity index (χ1) is 7.91. The second kappa shape index (κ2) is 4.26. The molecule has 0 aliphatic carbocycles. The van der Waals surface area contributed by atoms with Crippen LogP contribution in [0.1, 0.15) is 0 Å². The van der Waals surface area contributed by atoms with Crippen LogP contribution in [-0.2, 0) is 10.0 Å². The number of aliphatic hydroxyl groups excluding tert-OH is 2. The highest BCUT2D eigenvalue weighted by atomic mass is 32.2. The molecule has 1 fully saturated rings. The smallest absolute Gasteiger partial charge is 0.243 e. The number of rotatable bonds is 2. The van der Waals surface area contributed by atoms with Gasteiger partial charge in [0.05, 0.1) is 17.1 Å². The molecule has 1 heterocycles. The molecule has 1 aromatic carbocycles. The molecule has 2 rings (SSSR count). The zero-order valence-corrected chi connectivity index (χ0v) is 9.71.